The van der Waals surface area contributed by atoms with Gasteiger partial charge in [0.1, 0.15) is 17.5 Å². The molecular weight excluding hydrogens is 340 g/mol. The van der Waals surface area contributed by atoms with Crippen LogP contribution in [0.3, 0.4) is 0 Å². The fourth-order valence-electron chi connectivity index (χ4n) is 4.19. The molecule has 0 spiro atoms. The average molecular weight is 375 g/mol. The summed E-state index contributed by atoms with van der Waals surface area (Å²) in [6.07, 6.45) is 2.81. The second-order valence-electron chi connectivity index (χ2n) is 8.83. The van der Waals surface area contributed by atoms with Crippen LogP contribution in [-0.4, -0.2) is 48.9 Å². The number of nitrogens with zero attached hydrogens (tertiary/aromatic N) is 2. The maximum atomic E-state index is 12.5. The van der Waals surface area contributed by atoms with Gasteiger partial charge in [-0.05, 0) is 76.6 Å². The number of rotatable bonds is 2. The zero-order chi connectivity index (χ0) is 19.8. The van der Waals surface area contributed by atoms with Crippen LogP contribution < -0.4 is 9.64 Å². The second-order valence-corrected chi connectivity index (χ2v) is 8.83. The van der Waals surface area contributed by atoms with Crippen molar-refractivity contribution in [1.82, 2.24) is 4.90 Å². The van der Waals surface area contributed by atoms with E-state index in [2.05, 4.69) is 31.7 Å². The van der Waals surface area contributed by atoms with Crippen molar-refractivity contribution in [3.05, 3.63) is 22.8 Å². The van der Waals surface area contributed by atoms with Crippen LogP contribution in [0, 0.1) is 6.92 Å². The standard InChI is InChI=1S/C22H34N2O3/c1-7-10-24-14-15(2)26-19-13-17-8-11-23(21(25)27-22(4,5)6)12-9-18(17)16(3)20(19)24/h13,15H,7-12,14H2,1-6H3. The molecule has 0 N–H and O–H groups in total. The number of ether oxygens (including phenoxy) is 2. The van der Waals surface area contributed by atoms with Crippen molar-refractivity contribution < 1.29 is 14.3 Å². The highest BCUT2D eigenvalue weighted by atomic mass is 16.6. The van der Waals surface area contributed by atoms with Crippen LogP contribution in [0.2, 0.25) is 0 Å². The van der Waals surface area contributed by atoms with Gasteiger partial charge in [0.25, 0.3) is 0 Å². The summed E-state index contributed by atoms with van der Waals surface area (Å²) in [4.78, 5) is 16.8. The van der Waals surface area contributed by atoms with Gasteiger partial charge in [-0.15, -0.1) is 0 Å². The van der Waals surface area contributed by atoms with Crippen LogP contribution in [0.5, 0.6) is 5.75 Å². The molecule has 2 heterocycles. The van der Waals surface area contributed by atoms with Gasteiger partial charge in [-0.2, -0.15) is 0 Å². The van der Waals surface area contributed by atoms with E-state index in [-0.39, 0.29) is 12.2 Å². The largest absolute Gasteiger partial charge is 0.487 e. The molecule has 1 atom stereocenters. The van der Waals surface area contributed by atoms with Crippen molar-refractivity contribution in [1.29, 1.82) is 0 Å². The number of amides is 1. The zero-order valence-electron chi connectivity index (χ0n) is 17.7. The number of fused-ring (bicyclic) bond motifs is 2. The fourth-order valence-corrected chi connectivity index (χ4v) is 4.19. The predicted octanol–water partition coefficient (Wildman–Crippen LogP) is 4.33. The quantitative estimate of drug-likeness (QED) is 0.773. The van der Waals surface area contributed by atoms with Crippen molar-refractivity contribution in [3.63, 3.8) is 0 Å². The van der Waals surface area contributed by atoms with Crippen LogP contribution in [0.4, 0.5) is 10.5 Å². The lowest BCUT2D eigenvalue weighted by Gasteiger charge is -2.37. The second kappa shape index (κ2) is 7.61. The number of hydrogen-bond donors (Lipinski definition) is 0. The lowest BCUT2D eigenvalue weighted by Crippen LogP contribution is -2.39. The number of anilines is 1. The van der Waals surface area contributed by atoms with Gasteiger partial charge in [-0.3, -0.25) is 0 Å². The molecule has 0 saturated carbocycles. The summed E-state index contributed by atoms with van der Waals surface area (Å²) in [5.74, 6) is 1.00. The fraction of sp³-hybridized carbons (Fsp3) is 0.682. The monoisotopic (exact) mass is 374 g/mol. The molecule has 3 rings (SSSR count). The normalized spacial score (nSPS) is 19.7. The Morgan fingerprint density at radius 1 is 1.30 bits per heavy atom. The molecule has 27 heavy (non-hydrogen) atoms. The Morgan fingerprint density at radius 3 is 2.67 bits per heavy atom. The topological polar surface area (TPSA) is 42.0 Å². The van der Waals surface area contributed by atoms with Gasteiger partial charge in [0.15, 0.2) is 0 Å². The van der Waals surface area contributed by atoms with Gasteiger partial charge in [0.05, 0.1) is 12.2 Å². The average Bonchev–Trinajstić information content (AvgIpc) is 2.76. The van der Waals surface area contributed by atoms with Gasteiger partial charge in [0, 0.05) is 19.6 Å². The minimum absolute atomic E-state index is 0.200. The smallest absolute Gasteiger partial charge is 0.410 e. The Kier molecular flexibility index (Phi) is 5.59. The van der Waals surface area contributed by atoms with Gasteiger partial charge in [-0.1, -0.05) is 6.92 Å². The molecule has 5 nitrogen and oxygen atoms in total. The Hall–Kier alpha value is -1.91. The highest BCUT2D eigenvalue weighted by molar-refractivity contribution is 5.71. The lowest BCUT2D eigenvalue weighted by molar-refractivity contribution is 0.0258. The first kappa shape index (κ1) is 19.8. The SMILES string of the molecule is CCCN1CC(C)Oc2cc3c(c(C)c21)CCN(C(=O)OC(C)(C)C)CC3. The summed E-state index contributed by atoms with van der Waals surface area (Å²) in [5.41, 5.74) is 4.78. The van der Waals surface area contributed by atoms with E-state index in [1.165, 1.54) is 22.4 Å². The van der Waals surface area contributed by atoms with Crippen LogP contribution in [0.25, 0.3) is 0 Å². The van der Waals surface area contributed by atoms with Crippen molar-refractivity contribution in [2.75, 3.05) is 31.1 Å². The van der Waals surface area contributed by atoms with Crippen LogP contribution in [0.1, 0.15) is 57.7 Å². The molecule has 2 aliphatic heterocycles. The Morgan fingerprint density at radius 2 is 2.00 bits per heavy atom. The third-order valence-corrected chi connectivity index (χ3v) is 5.28. The molecule has 1 aromatic carbocycles. The molecule has 2 aliphatic rings. The van der Waals surface area contributed by atoms with Gasteiger partial charge in [0.2, 0.25) is 0 Å². The molecule has 0 bridgehead atoms. The van der Waals surface area contributed by atoms with E-state index in [4.69, 9.17) is 9.47 Å². The first-order valence-corrected chi connectivity index (χ1v) is 10.2. The molecule has 0 saturated heterocycles. The van der Waals surface area contributed by atoms with Gasteiger partial charge in [-0.25, -0.2) is 4.79 Å². The molecule has 0 fully saturated rings. The van der Waals surface area contributed by atoms with E-state index in [1.54, 1.807) is 0 Å². The number of benzene rings is 1. The van der Waals surface area contributed by atoms with E-state index in [0.29, 0.717) is 13.1 Å². The summed E-state index contributed by atoms with van der Waals surface area (Å²) in [6, 6.07) is 2.22. The van der Waals surface area contributed by atoms with E-state index < -0.39 is 5.60 Å². The van der Waals surface area contributed by atoms with Crippen LogP contribution >= 0.6 is 0 Å². The third kappa shape index (κ3) is 4.33. The maximum absolute atomic E-state index is 12.5. The minimum atomic E-state index is -0.462. The number of hydrogen-bond acceptors (Lipinski definition) is 4. The lowest BCUT2D eigenvalue weighted by atomic mass is 9.94. The summed E-state index contributed by atoms with van der Waals surface area (Å²) < 4.78 is 11.8. The molecule has 0 aliphatic carbocycles. The molecule has 1 unspecified atom stereocenters. The molecule has 1 aromatic rings. The summed E-state index contributed by atoms with van der Waals surface area (Å²) >= 11 is 0. The van der Waals surface area contributed by atoms with Crippen molar-refractivity contribution in [3.8, 4) is 5.75 Å². The number of carbonyl (C=O) groups excluding carboxylic acids is 1. The maximum Gasteiger partial charge on any atom is 0.410 e. The first-order valence-electron chi connectivity index (χ1n) is 10.2. The Labute approximate surface area is 163 Å². The Bertz CT molecular complexity index is 708. The minimum Gasteiger partial charge on any atom is -0.487 e. The van der Waals surface area contributed by atoms with Crippen molar-refractivity contribution in [2.24, 2.45) is 0 Å². The van der Waals surface area contributed by atoms with Crippen LogP contribution in [-0.2, 0) is 17.6 Å². The van der Waals surface area contributed by atoms with E-state index in [9.17, 15) is 4.79 Å². The third-order valence-electron chi connectivity index (χ3n) is 5.28. The van der Waals surface area contributed by atoms with Gasteiger partial charge >= 0.3 is 6.09 Å². The highest BCUT2D eigenvalue weighted by Gasteiger charge is 2.30. The first-order chi connectivity index (χ1) is 12.7. The summed E-state index contributed by atoms with van der Waals surface area (Å²) in [7, 11) is 0. The molecule has 5 heteroatoms. The summed E-state index contributed by atoms with van der Waals surface area (Å²) in [6.45, 7) is 15.7. The summed E-state index contributed by atoms with van der Waals surface area (Å²) in [5, 5.41) is 0. The van der Waals surface area contributed by atoms with Crippen molar-refractivity contribution in [2.45, 2.75) is 72.5 Å². The molecule has 0 radical (unpaired) electrons. The van der Waals surface area contributed by atoms with Crippen LogP contribution in [0.15, 0.2) is 6.07 Å². The molecule has 150 valence electrons. The molecule has 0 aromatic heterocycles. The van der Waals surface area contributed by atoms with E-state index in [0.717, 1.165) is 38.1 Å². The zero-order valence-corrected chi connectivity index (χ0v) is 17.7. The highest BCUT2D eigenvalue weighted by Crippen LogP contribution is 2.41. The molecule has 1 amide bonds. The van der Waals surface area contributed by atoms with Crippen molar-refractivity contribution >= 4 is 11.8 Å². The molecular formula is C22H34N2O3. The van der Waals surface area contributed by atoms with E-state index >= 15 is 0 Å². The predicted molar refractivity (Wildman–Crippen MR) is 109 cm³/mol. The number of carbonyl (C=O) groups is 1. The van der Waals surface area contributed by atoms with Gasteiger partial charge < -0.3 is 19.3 Å². The Balaban J connectivity index is 1.87. The van der Waals surface area contributed by atoms with E-state index in [1.807, 2.05) is 25.7 Å².